The summed E-state index contributed by atoms with van der Waals surface area (Å²) in [6.45, 7) is 4.83. The molecule has 0 amide bonds. The largest absolute Gasteiger partial charge is 0.295 e. The molecule has 2 aromatic rings. The van der Waals surface area contributed by atoms with Gasteiger partial charge in [0.25, 0.3) is 5.56 Å². The van der Waals surface area contributed by atoms with Gasteiger partial charge in [-0.3, -0.25) is 9.36 Å². The van der Waals surface area contributed by atoms with E-state index < -0.39 is 0 Å². The van der Waals surface area contributed by atoms with E-state index in [-0.39, 0.29) is 5.56 Å². The molecule has 0 saturated carbocycles. The van der Waals surface area contributed by atoms with Gasteiger partial charge < -0.3 is 0 Å². The van der Waals surface area contributed by atoms with E-state index in [1.165, 1.54) is 11.6 Å². The van der Waals surface area contributed by atoms with Crippen molar-refractivity contribution in [2.24, 2.45) is 0 Å². The average molecular weight is 262 g/mol. The molecular weight excluding hydrogens is 246 g/mol. The van der Waals surface area contributed by atoms with Crippen molar-refractivity contribution in [3.05, 3.63) is 69.1 Å². The minimum absolute atomic E-state index is 0.0737. The van der Waals surface area contributed by atoms with Gasteiger partial charge in [-0.25, -0.2) is 0 Å². The second-order valence-electron chi connectivity index (χ2n) is 4.67. The van der Waals surface area contributed by atoms with Gasteiger partial charge in [-0.1, -0.05) is 55.8 Å². The molecule has 0 saturated heterocycles. The average Bonchev–Trinajstić information content (AvgIpc) is 2.34. The van der Waals surface area contributed by atoms with E-state index in [0.29, 0.717) is 17.6 Å². The number of nitrogens with zero attached hydrogens (tertiary/aromatic N) is 1. The van der Waals surface area contributed by atoms with Gasteiger partial charge in [-0.15, -0.1) is 0 Å². The zero-order valence-electron chi connectivity index (χ0n) is 10.6. The second-order valence-corrected chi connectivity index (χ2v) is 5.06. The highest BCUT2D eigenvalue weighted by molar-refractivity contribution is 6.29. The van der Waals surface area contributed by atoms with Crippen LogP contribution in [0.5, 0.6) is 0 Å². The highest BCUT2D eigenvalue weighted by Crippen LogP contribution is 2.15. The smallest absolute Gasteiger partial charge is 0.251 e. The van der Waals surface area contributed by atoms with E-state index in [1.807, 2.05) is 12.1 Å². The van der Waals surface area contributed by atoms with Gasteiger partial charge in [0.2, 0.25) is 0 Å². The molecule has 1 aromatic carbocycles. The first-order valence-electron chi connectivity index (χ1n) is 6.02. The van der Waals surface area contributed by atoms with E-state index >= 15 is 0 Å². The molecule has 0 spiro atoms. The Kier molecular flexibility index (Phi) is 3.87. The van der Waals surface area contributed by atoms with Crippen LogP contribution in [-0.2, 0) is 6.54 Å². The van der Waals surface area contributed by atoms with Crippen LogP contribution in [0.1, 0.15) is 30.9 Å². The van der Waals surface area contributed by atoms with Gasteiger partial charge in [0.05, 0.1) is 6.54 Å². The maximum Gasteiger partial charge on any atom is 0.251 e. The van der Waals surface area contributed by atoms with Gasteiger partial charge in [0.1, 0.15) is 5.15 Å². The lowest BCUT2D eigenvalue weighted by atomic mass is 10.0. The van der Waals surface area contributed by atoms with E-state index in [4.69, 9.17) is 11.6 Å². The topological polar surface area (TPSA) is 22.0 Å². The molecule has 18 heavy (non-hydrogen) atoms. The summed E-state index contributed by atoms with van der Waals surface area (Å²) in [5.41, 5.74) is 2.30. The van der Waals surface area contributed by atoms with E-state index in [2.05, 4.69) is 26.0 Å². The Morgan fingerprint density at radius 1 is 1.11 bits per heavy atom. The Morgan fingerprint density at radius 2 is 1.78 bits per heavy atom. The fraction of sp³-hybridized carbons (Fsp3) is 0.267. The highest BCUT2D eigenvalue weighted by atomic mass is 35.5. The molecule has 1 heterocycles. The number of hydrogen-bond acceptors (Lipinski definition) is 1. The summed E-state index contributed by atoms with van der Waals surface area (Å²) in [5.74, 6) is 0.516. The van der Waals surface area contributed by atoms with Gasteiger partial charge in [0, 0.05) is 6.07 Å². The monoisotopic (exact) mass is 261 g/mol. The molecule has 0 fully saturated rings. The molecule has 1 aromatic heterocycles. The molecule has 0 radical (unpaired) electrons. The van der Waals surface area contributed by atoms with Crippen molar-refractivity contribution in [3.63, 3.8) is 0 Å². The van der Waals surface area contributed by atoms with Crippen LogP contribution in [0.25, 0.3) is 0 Å². The third-order valence-electron chi connectivity index (χ3n) is 2.98. The molecule has 0 aliphatic heterocycles. The third kappa shape index (κ3) is 2.82. The number of hydrogen-bond donors (Lipinski definition) is 0. The highest BCUT2D eigenvalue weighted by Gasteiger charge is 2.03. The maximum absolute atomic E-state index is 11.7. The number of halogens is 1. The lowest BCUT2D eigenvalue weighted by Crippen LogP contribution is -2.19. The standard InChI is InChI=1S/C15H16ClNO/c1-11(2)13-8-6-12(7-9-13)10-17-14(16)4-3-5-15(17)18/h3-9,11H,10H2,1-2H3. The van der Waals surface area contributed by atoms with E-state index in [1.54, 1.807) is 16.7 Å². The lowest BCUT2D eigenvalue weighted by molar-refractivity contribution is 0.759. The van der Waals surface area contributed by atoms with Crippen molar-refractivity contribution in [2.75, 3.05) is 0 Å². The van der Waals surface area contributed by atoms with E-state index in [9.17, 15) is 4.79 Å². The zero-order valence-corrected chi connectivity index (χ0v) is 11.3. The predicted octanol–water partition coefficient (Wildman–Crippen LogP) is 3.67. The van der Waals surface area contributed by atoms with Crippen LogP contribution < -0.4 is 5.56 Å². The number of rotatable bonds is 3. The second kappa shape index (κ2) is 5.40. The summed E-state index contributed by atoms with van der Waals surface area (Å²) in [5, 5.41) is 0.468. The number of benzene rings is 1. The molecule has 0 aliphatic rings. The third-order valence-corrected chi connectivity index (χ3v) is 3.31. The fourth-order valence-corrected chi connectivity index (χ4v) is 2.05. The molecule has 2 rings (SSSR count). The molecular formula is C15H16ClNO. The van der Waals surface area contributed by atoms with Gasteiger partial charge in [-0.2, -0.15) is 0 Å². The quantitative estimate of drug-likeness (QED) is 0.773. The molecule has 94 valence electrons. The Labute approximate surface area is 112 Å². The van der Waals surface area contributed by atoms with Crippen LogP contribution in [0.3, 0.4) is 0 Å². The number of pyridine rings is 1. The maximum atomic E-state index is 11.7. The molecule has 0 atom stereocenters. The summed E-state index contributed by atoms with van der Waals surface area (Å²) in [4.78, 5) is 11.7. The van der Waals surface area contributed by atoms with Crippen LogP contribution in [0, 0.1) is 0 Å². The van der Waals surface area contributed by atoms with Crippen LogP contribution in [0.15, 0.2) is 47.3 Å². The Bertz CT molecular complexity index is 584. The van der Waals surface area contributed by atoms with Crippen molar-refractivity contribution in [2.45, 2.75) is 26.3 Å². The summed E-state index contributed by atoms with van der Waals surface area (Å²) in [7, 11) is 0. The van der Waals surface area contributed by atoms with E-state index in [0.717, 1.165) is 5.56 Å². The van der Waals surface area contributed by atoms with Crippen molar-refractivity contribution in [1.82, 2.24) is 4.57 Å². The SMILES string of the molecule is CC(C)c1ccc(Cn2c(Cl)cccc2=O)cc1. The Balaban J connectivity index is 2.27. The van der Waals surface area contributed by atoms with Crippen molar-refractivity contribution in [1.29, 1.82) is 0 Å². The molecule has 0 bridgehead atoms. The minimum Gasteiger partial charge on any atom is -0.295 e. The lowest BCUT2D eigenvalue weighted by Gasteiger charge is -2.10. The van der Waals surface area contributed by atoms with Crippen molar-refractivity contribution in [3.8, 4) is 0 Å². The molecule has 2 nitrogen and oxygen atoms in total. The Morgan fingerprint density at radius 3 is 2.33 bits per heavy atom. The molecule has 0 aliphatic carbocycles. The molecule has 0 N–H and O–H groups in total. The Hall–Kier alpha value is -1.54. The molecule has 3 heteroatoms. The minimum atomic E-state index is -0.0737. The summed E-state index contributed by atoms with van der Waals surface area (Å²) < 4.78 is 1.56. The van der Waals surface area contributed by atoms with Crippen LogP contribution in [-0.4, -0.2) is 4.57 Å². The molecule has 0 unspecified atom stereocenters. The number of aromatic nitrogens is 1. The normalized spacial score (nSPS) is 10.9. The van der Waals surface area contributed by atoms with Crippen molar-refractivity contribution >= 4 is 11.6 Å². The van der Waals surface area contributed by atoms with Crippen LogP contribution >= 0.6 is 11.6 Å². The van der Waals surface area contributed by atoms with Crippen LogP contribution in [0.4, 0.5) is 0 Å². The predicted molar refractivity (Wildman–Crippen MR) is 75.3 cm³/mol. The summed E-state index contributed by atoms with van der Waals surface area (Å²) in [6, 6.07) is 13.2. The zero-order chi connectivity index (χ0) is 13.1. The first kappa shape index (κ1) is 12.9. The fourth-order valence-electron chi connectivity index (χ4n) is 1.84. The van der Waals surface area contributed by atoms with Crippen LogP contribution in [0.2, 0.25) is 5.15 Å². The first-order valence-corrected chi connectivity index (χ1v) is 6.40. The summed E-state index contributed by atoms with van der Waals surface area (Å²) in [6.07, 6.45) is 0. The van der Waals surface area contributed by atoms with Gasteiger partial charge >= 0.3 is 0 Å². The first-order chi connectivity index (χ1) is 8.58. The van der Waals surface area contributed by atoms with Crippen molar-refractivity contribution < 1.29 is 0 Å². The van der Waals surface area contributed by atoms with Gasteiger partial charge in [0.15, 0.2) is 0 Å². The van der Waals surface area contributed by atoms with Gasteiger partial charge in [-0.05, 0) is 23.1 Å². The summed E-state index contributed by atoms with van der Waals surface area (Å²) >= 11 is 6.02.